The lowest BCUT2D eigenvalue weighted by atomic mass is 10.1. The number of thiophene rings is 1. The Kier molecular flexibility index (Phi) is 3.38. The largest absolute Gasteiger partial charge is 0.495 e. The second kappa shape index (κ2) is 4.81. The van der Waals surface area contributed by atoms with Crippen LogP contribution < -0.4 is 4.74 Å². The number of hydrogen-bond donors (Lipinski definition) is 0. The Hall–Kier alpha value is -1.82. The first kappa shape index (κ1) is 12.6. The van der Waals surface area contributed by atoms with Crippen LogP contribution in [0.2, 0.25) is 0 Å². The number of halogens is 3. The topological polar surface area (TPSA) is 26.3 Å². The van der Waals surface area contributed by atoms with Gasteiger partial charge in [0.05, 0.1) is 12.7 Å². The highest BCUT2D eigenvalue weighted by atomic mass is 32.1. The molecule has 0 saturated carbocycles. The highest BCUT2D eigenvalue weighted by Crippen LogP contribution is 2.29. The van der Waals surface area contributed by atoms with Crippen LogP contribution in [-0.4, -0.2) is 12.9 Å². The zero-order valence-electron chi connectivity index (χ0n) is 9.17. The van der Waals surface area contributed by atoms with Crippen molar-refractivity contribution in [1.82, 2.24) is 0 Å². The molecular formula is C12H7F3O2S. The third-order valence-corrected chi connectivity index (χ3v) is 3.18. The molecule has 6 heteroatoms. The minimum atomic E-state index is -1.23. The van der Waals surface area contributed by atoms with Gasteiger partial charge in [0.1, 0.15) is 28.1 Å². The van der Waals surface area contributed by atoms with Crippen LogP contribution in [0.15, 0.2) is 23.6 Å². The van der Waals surface area contributed by atoms with Crippen molar-refractivity contribution >= 4 is 17.1 Å². The van der Waals surface area contributed by atoms with Crippen LogP contribution in [-0.2, 0) is 0 Å². The number of benzene rings is 1. The predicted molar refractivity (Wildman–Crippen MR) is 60.6 cm³/mol. The summed E-state index contributed by atoms with van der Waals surface area (Å²) in [5, 5.41) is 1.56. The van der Waals surface area contributed by atoms with Crippen LogP contribution in [0.5, 0.6) is 5.75 Å². The zero-order chi connectivity index (χ0) is 13.3. The zero-order valence-corrected chi connectivity index (χ0v) is 9.98. The number of carbonyl (C=O) groups excluding carboxylic acids is 1. The molecule has 0 aliphatic heterocycles. The summed E-state index contributed by atoms with van der Waals surface area (Å²) in [5.41, 5.74) is -0.780. The summed E-state index contributed by atoms with van der Waals surface area (Å²) in [4.78, 5) is 12.0. The number of ketones is 1. The molecule has 94 valence electrons. The van der Waals surface area contributed by atoms with Crippen LogP contribution in [0.3, 0.4) is 0 Å². The second-order valence-electron chi connectivity index (χ2n) is 3.39. The van der Waals surface area contributed by atoms with Crippen molar-refractivity contribution in [1.29, 1.82) is 0 Å². The van der Waals surface area contributed by atoms with E-state index < -0.39 is 28.8 Å². The van der Waals surface area contributed by atoms with Gasteiger partial charge < -0.3 is 4.74 Å². The highest BCUT2D eigenvalue weighted by molar-refractivity contribution is 7.12. The molecule has 0 saturated heterocycles. The molecule has 18 heavy (non-hydrogen) atoms. The van der Waals surface area contributed by atoms with Crippen molar-refractivity contribution in [3.05, 3.63) is 51.5 Å². The Balaban J connectivity index is 2.53. The van der Waals surface area contributed by atoms with E-state index in [-0.39, 0.29) is 10.6 Å². The molecule has 0 bridgehead atoms. The lowest BCUT2D eigenvalue weighted by molar-refractivity contribution is 0.103. The average Bonchev–Trinajstić information content (AvgIpc) is 2.75. The summed E-state index contributed by atoms with van der Waals surface area (Å²) in [5.74, 6) is -4.16. The average molecular weight is 272 g/mol. The molecule has 2 rings (SSSR count). The van der Waals surface area contributed by atoms with E-state index in [9.17, 15) is 18.0 Å². The molecule has 1 aromatic heterocycles. The molecule has 0 atom stereocenters. The molecule has 2 nitrogen and oxygen atoms in total. The Morgan fingerprint density at radius 2 is 1.83 bits per heavy atom. The summed E-state index contributed by atoms with van der Waals surface area (Å²) >= 11 is 0.997. The van der Waals surface area contributed by atoms with Gasteiger partial charge in [0, 0.05) is 12.1 Å². The Morgan fingerprint density at radius 1 is 1.22 bits per heavy atom. The maximum absolute atomic E-state index is 13.5. The third-order valence-electron chi connectivity index (χ3n) is 2.29. The lowest BCUT2D eigenvalue weighted by Crippen LogP contribution is -2.07. The van der Waals surface area contributed by atoms with Crippen LogP contribution >= 0.6 is 11.3 Å². The molecule has 0 aliphatic carbocycles. The minimum Gasteiger partial charge on any atom is -0.495 e. The molecular weight excluding hydrogens is 265 g/mol. The summed E-state index contributed by atoms with van der Waals surface area (Å²) in [6.07, 6.45) is 0. The van der Waals surface area contributed by atoms with E-state index in [0.717, 1.165) is 11.3 Å². The number of ether oxygens (including phenoxy) is 1. The van der Waals surface area contributed by atoms with E-state index in [1.807, 2.05) is 0 Å². The van der Waals surface area contributed by atoms with Crippen molar-refractivity contribution in [2.45, 2.75) is 0 Å². The van der Waals surface area contributed by atoms with E-state index >= 15 is 0 Å². The van der Waals surface area contributed by atoms with Gasteiger partial charge in [-0.15, -0.1) is 11.3 Å². The van der Waals surface area contributed by atoms with Gasteiger partial charge in [-0.05, 0) is 11.4 Å². The molecule has 1 aromatic carbocycles. The number of methoxy groups -OCH3 is 1. The predicted octanol–water partition coefficient (Wildman–Crippen LogP) is 3.41. The Labute approximate surface area is 105 Å². The normalized spacial score (nSPS) is 10.4. The van der Waals surface area contributed by atoms with E-state index in [0.29, 0.717) is 12.1 Å². The molecule has 0 amide bonds. The fraction of sp³-hybridized carbons (Fsp3) is 0.0833. The first-order valence-electron chi connectivity index (χ1n) is 4.85. The van der Waals surface area contributed by atoms with E-state index in [1.165, 1.54) is 13.2 Å². The number of carbonyl (C=O) groups is 1. The van der Waals surface area contributed by atoms with Gasteiger partial charge >= 0.3 is 0 Å². The SMILES string of the molecule is COc1ccsc1C(=O)c1c(F)cc(F)cc1F. The smallest absolute Gasteiger partial charge is 0.212 e. The van der Waals surface area contributed by atoms with Crippen molar-refractivity contribution in [2.24, 2.45) is 0 Å². The first-order chi connectivity index (χ1) is 8.54. The van der Waals surface area contributed by atoms with E-state index in [2.05, 4.69) is 0 Å². The summed E-state index contributed by atoms with van der Waals surface area (Å²) in [7, 11) is 1.34. The Bertz CT molecular complexity index is 584. The maximum Gasteiger partial charge on any atom is 0.212 e. The van der Waals surface area contributed by atoms with Crippen LogP contribution in [0.4, 0.5) is 13.2 Å². The van der Waals surface area contributed by atoms with Gasteiger partial charge in [-0.2, -0.15) is 0 Å². The fourth-order valence-electron chi connectivity index (χ4n) is 1.50. The van der Waals surface area contributed by atoms with Crippen molar-refractivity contribution in [3.63, 3.8) is 0 Å². The van der Waals surface area contributed by atoms with E-state index in [4.69, 9.17) is 4.74 Å². The van der Waals surface area contributed by atoms with Gasteiger partial charge in [-0.1, -0.05) is 0 Å². The van der Waals surface area contributed by atoms with Crippen LogP contribution in [0.25, 0.3) is 0 Å². The van der Waals surface area contributed by atoms with Crippen LogP contribution in [0.1, 0.15) is 15.2 Å². The summed E-state index contributed by atoms with van der Waals surface area (Å²) < 4.78 is 44.6. The summed E-state index contributed by atoms with van der Waals surface area (Å²) in [6.45, 7) is 0. The molecule has 2 aromatic rings. The molecule has 0 unspecified atom stereocenters. The monoisotopic (exact) mass is 272 g/mol. The van der Waals surface area contributed by atoms with Gasteiger partial charge in [-0.3, -0.25) is 4.79 Å². The first-order valence-corrected chi connectivity index (χ1v) is 5.73. The molecule has 0 aliphatic rings. The maximum atomic E-state index is 13.5. The number of rotatable bonds is 3. The third kappa shape index (κ3) is 2.11. The molecule has 0 spiro atoms. The Morgan fingerprint density at radius 3 is 2.39 bits per heavy atom. The standard InChI is InChI=1S/C12H7F3O2S/c1-17-9-2-3-18-12(9)11(16)10-7(14)4-6(13)5-8(10)15/h2-5H,1H3. The minimum absolute atomic E-state index is 0.0712. The lowest BCUT2D eigenvalue weighted by Gasteiger charge is -2.05. The molecule has 0 fully saturated rings. The van der Waals surface area contributed by atoms with Crippen molar-refractivity contribution in [2.75, 3.05) is 7.11 Å². The quantitative estimate of drug-likeness (QED) is 0.800. The molecule has 1 heterocycles. The fourth-order valence-corrected chi connectivity index (χ4v) is 2.30. The van der Waals surface area contributed by atoms with Crippen molar-refractivity contribution < 1.29 is 22.7 Å². The van der Waals surface area contributed by atoms with Crippen molar-refractivity contribution in [3.8, 4) is 5.75 Å². The van der Waals surface area contributed by atoms with E-state index in [1.54, 1.807) is 5.38 Å². The molecule has 0 radical (unpaired) electrons. The molecule has 0 N–H and O–H groups in total. The number of hydrogen-bond acceptors (Lipinski definition) is 3. The van der Waals surface area contributed by atoms with Crippen LogP contribution in [0, 0.1) is 17.5 Å². The van der Waals surface area contributed by atoms with Gasteiger partial charge in [0.15, 0.2) is 0 Å². The van der Waals surface area contributed by atoms with Gasteiger partial charge in [0.25, 0.3) is 0 Å². The second-order valence-corrected chi connectivity index (χ2v) is 4.31. The highest BCUT2D eigenvalue weighted by Gasteiger charge is 2.24. The summed E-state index contributed by atoms with van der Waals surface area (Å²) in [6, 6.07) is 2.45. The van der Waals surface area contributed by atoms with Gasteiger partial charge in [-0.25, -0.2) is 13.2 Å². The van der Waals surface area contributed by atoms with Gasteiger partial charge in [0.2, 0.25) is 5.78 Å².